The third kappa shape index (κ3) is 9.87. The highest BCUT2D eigenvalue weighted by molar-refractivity contribution is 6.30. The molecular weight excluding hydrogens is 235 g/mol. The van der Waals surface area contributed by atoms with Gasteiger partial charge in [0.1, 0.15) is 0 Å². The molecule has 0 aliphatic rings. The molecule has 0 saturated carbocycles. The molecule has 0 bridgehead atoms. The van der Waals surface area contributed by atoms with E-state index in [0.29, 0.717) is 0 Å². The number of hydrogen-bond acceptors (Lipinski definition) is 3. The Bertz CT molecular complexity index is 178. The van der Waals surface area contributed by atoms with E-state index in [0.717, 1.165) is 5.02 Å². The zero-order valence-corrected chi connectivity index (χ0v) is 7.75. The highest BCUT2D eigenvalue weighted by Crippen LogP contribution is 2.03. The molecule has 0 aromatic heterocycles. The van der Waals surface area contributed by atoms with Crippen LogP contribution in [0.5, 0.6) is 0 Å². The normalized spacial score (nSPS) is 8.82. The molecule has 0 aliphatic heterocycles. The van der Waals surface area contributed by atoms with Gasteiger partial charge >= 0.3 is 14.8 Å². The highest BCUT2D eigenvalue weighted by Gasteiger charge is 1.86. The van der Waals surface area contributed by atoms with Crippen LogP contribution in [-0.4, -0.2) is 4.20 Å². The fraction of sp³-hybridized carbons (Fsp3) is 0. The summed E-state index contributed by atoms with van der Waals surface area (Å²) in [6.45, 7) is 0. The molecule has 1 N–H and O–H groups in total. The van der Waals surface area contributed by atoms with Crippen LogP contribution >= 0.6 is 11.6 Å². The van der Waals surface area contributed by atoms with E-state index in [-0.39, 0.29) is 0 Å². The first-order valence-electron chi connectivity index (χ1n) is 2.58. The van der Waals surface area contributed by atoms with Gasteiger partial charge in [-0.1, -0.05) is 29.8 Å². The van der Waals surface area contributed by atoms with Crippen molar-refractivity contribution in [2.45, 2.75) is 0 Å². The molecule has 0 unspecified atom stereocenters. The molecule has 0 saturated heterocycles. The van der Waals surface area contributed by atoms with E-state index >= 15 is 0 Å². The molecule has 0 radical (unpaired) electrons. The van der Waals surface area contributed by atoms with E-state index in [4.69, 9.17) is 24.2 Å². The Hall–Kier alpha value is -0.130. The molecule has 1 aromatic rings. The molecule has 1 rings (SSSR count). The van der Waals surface area contributed by atoms with Gasteiger partial charge in [0, 0.05) is 5.02 Å². The standard InChI is InChI=1S/C6H5Cl.BrHO3/c7-6-4-2-1-3-5-6;2-1(3)4/h1-5H;2H. The molecule has 62 valence electrons. The SMILES string of the molecule is Clc1ccccc1.[O-][Br+2]([O-])O. The van der Waals surface area contributed by atoms with Gasteiger partial charge in [0.05, 0.1) is 0 Å². The van der Waals surface area contributed by atoms with Crippen molar-refractivity contribution in [2.75, 3.05) is 0 Å². The van der Waals surface area contributed by atoms with E-state index in [1.165, 1.54) is 0 Å². The lowest BCUT2D eigenvalue weighted by Gasteiger charge is -1.80. The van der Waals surface area contributed by atoms with Crippen LogP contribution < -0.4 is 8.40 Å². The van der Waals surface area contributed by atoms with Crippen molar-refractivity contribution in [3.8, 4) is 0 Å². The van der Waals surface area contributed by atoms with Crippen molar-refractivity contribution in [3.05, 3.63) is 35.4 Å². The van der Waals surface area contributed by atoms with Crippen LogP contribution in [0.4, 0.5) is 0 Å². The molecule has 0 fully saturated rings. The summed E-state index contributed by atoms with van der Waals surface area (Å²) in [6.07, 6.45) is 0. The van der Waals surface area contributed by atoms with Gasteiger partial charge in [-0.05, 0) is 16.3 Å². The van der Waals surface area contributed by atoms with Crippen molar-refractivity contribution in [3.63, 3.8) is 0 Å². The summed E-state index contributed by atoms with van der Waals surface area (Å²) in [5.41, 5.74) is 0. The first kappa shape index (κ1) is 10.9. The van der Waals surface area contributed by atoms with Crippen molar-refractivity contribution in [2.24, 2.45) is 0 Å². The lowest BCUT2D eigenvalue weighted by molar-refractivity contribution is -1.63. The molecule has 0 aliphatic carbocycles. The Morgan fingerprint density at radius 1 is 1.18 bits per heavy atom. The van der Waals surface area contributed by atoms with Crippen LogP contribution in [0.3, 0.4) is 0 Å². The van der Waals surface area contributed by atoms with Crippen LogP contribution in [0, 0.1) is 14.8 Å². The molecule has 3 nitrogen and oxygen atoms in total. The van der Waals surface area contributed by atoms with Crippen LogP contribution in [0.15, 0.2) is 30.3 Å². The van der Waals surface area contributed by atoms with E-state index < -0.39 is 14.8 Å². The quantitative estimate of drug-likeness (QED) is 0.660. The second kappa shape index (κ2) is 6.57. The van der Waals surface area contributed by atoms with Crippen LogP contribution in [-0.2, 0) is 0 Å². The van der Waals surface area contributed by atoms with E-state index in [2.05, 4.69) is 0 Å². The van der Waals surface area contributed by atoms with Gasteiger partial charge in [0.15, 0.2) is 0 Å². The first-order chi connectivity index (χ1) is 5.13. The van der Waals surface area contributed by atoms with Gasteiger partial charge in [-0.25, -0.2) is 0 Å². The van der Waals surface area contributed by atoms with Crippen LogP contribution in [0.25, 0.3) is 0 Å². The van der Waals surface area contributed by atoms with Crippen molar-refractivity contribution in [1.82, 2.24) is 0 Å². The lowest BCUT2D eigenvalue weighted by atomic mass is 10.4. The van der Waals surface area contributed by atoms with Gasteiger partial charge in [0.2, 0.25) is 0 Å². The first-order valence-corrected chi connectivity index (χ1v) is 4.96. The van der Waals surface area contributed by atoms with Crippen molar-refractivity contribution in [1.29, 1.82) is 0 Å². The minimum absolute atomic E-state index is 0.794. The smallest absolute Gasteiger partial charge is 0.372 e. The Balaban J connectivity index is 0.000000218. The maximum atomic E-state index is 8.63. The van der Waals surface area contributed by atoms with Gasteiger partial charge in [-0.2, -0.15) is 0 Å². The minimum atomic E-state index is -3.40. The predicted molar refractivity (Wildman–Crippen MR) is 33.7 cm³/mol. The second-order valence-corrected chi connectivity index (χ2v) is 2.78. The van der Waals surface area contributed by atoms with Crippen LogP contribution in [0.1, 0.15) is 0 Å². The monoisotopic (exact) mass is 240 g/mol. The Labute approximate surface area is 74.7 Å². The van der Waals surface area contributed by atoms with Gasteiger partial charge in [0.25, 0.3) is 0 Å². The van der Waals surface area contributed by atoms with Gasteiger partial charge in [-0.15, -0.1) is 0 Å². The number of benzene rings is 1. The van der Waals surface area contributed by atoms with Crippen LogP contribution in [0.2, 0.25) is 5.02 Å². The molecule has 5 heteroatoms. The number of hydrogen-bond donors (Lipinski definition) is 1. The third-order valence-electron chi connectivity index (χ3n) is 0.733. The molecule has 0 heterocycles. The molecule has 1 aromatic carbocycles. The minimum Gasteiger partial charge on any atom is -0.372 e. The fourth-order valence-electron chi connectivity index (χ4n) is 0.415. The zero-order chi connectivity index (χ0) is 8.69. The summed E-state index contributed by atoms with van der Waals surface area (Å²) in [7, 11) is 0. The lowest BCUT2D eigenvalue weighted by Crippen LogP contribution is -2.30. The summed E-state index contributed by atoms with van der Waals surface area (Å²) in [4.78, 5) is 0. The van der Waals surface area contributed by atoms with Crippen molar-refractivity contribution < 1.29 is 27.4 Å². The fourth-order valence-corrected chi connectivity index (χ4v) is 0.560. The molecular formula is C6H6BrClO3. The Kier molecular flexibility index (Phi) is 6.49. The Morgan fingerprint density at radius 3 is 1.73 bits per heavy atom. The summed E-state index contributed by atoms with van der Waals surface area (Å²) in [5.74, 6) is 0. The van der Waals surface area contributed by atoms with E-state index in [1.54, 1.807) is 0 Å². The second-order valence-electron chi connectivity index (χ2n) is 1.50. The summed E-state index contributed by atoms with van der Waals surface area (Å²) in [5, 5.41) is 0.794. The summed E-state index contributed by atoms with van der Waals surface area (Å²) >= 11 is 2.14. The van der Waals surface area contributed by atoms with Gasteiger partial charge in [-0.3, -0.25) is 0 Å². The molecule has 11 heavy (non-hydrogen) atoms. The predicted octanol–water partition coefficient (Wildman–Crippen LogP) is -0.595. The van der Waals surface area contributed by atoms with E-state index in [9.17, 15) is 0 Å². The zero-order valence-electron chi connectivity index (χ0n) is 5.41. The van der Waals surface area contributed by atoms with Crippen molar-refractivity contribution >= 4 is 11.6 Å². The summed E-state index contributed by atoms with van der Waals surface area (Å²) in [6, 6.07) is 9.44. The maximum absolute atomic E-state index is 8.63. The Morgan fingerprint density at radius 2 is 1.55 bits per heavy atom. The number of rotatable bonds is 0. The van der Waals surface area contributed by atoms with Gasteiger partial charge < -0.3 is 8.40 Å². The number of halogens is 2. The molecule has 0 spiro atoms. The topological polar surface area (TPSA) is 66.3 Å². The highest BCUT2D eigenvalue weighted by atomic mass is 80.0. The third-order valence-corrected chi connectivity index (χ3v) is 0.985. The summed E-state index contributed by atoms with van der Waals surface area (Å²) < 4.78 is 24.3. The maximum Gasteiger partial charge on any atom is 0.433 e. The molecule has 0 amide bonds. The average Bonchev–Trinajstić information content (AvgIpc) is 1.87. The average molecular weight is 241 g/mol. The largest absolute Gasteiger partial charge is 0.433 e. The molecule has 0 atom stereocenters. The van der Waals surface area contributed by atoms with E-state index in [1.807, 2.05) is 30.3 Å².